The van der Waals surface area contributed by atoms with E-state index in [1.165, 1.54) is 13.1 Å². The molecule has 0 bridgehead atoms. The summed E-state index contributed by atoms with van der Waals surface area (Å²) in [5, 5.41) is 0. The highest BCUT2D eigenvalue weighted by molar-refractivity contribution is 5.93. The first-order valence-corrected chi connectivity index (χ1v) is 6.65. The topological polar surface area (TPSA) is 69.2 Å². The molecule has 0 amide bonds. The number of hydrogen-bond acceptors (Lipinski definition) is 5. The van der Waals surface area contributed by atoms with Crippen LogP contribution in [-0.4, -0.2) is 28.3 Å². The molecule has 2 rings (SSSR count). The molecular formula is C16H16N2O3. The Morgan fingerprint density at radius 1 is 1.14 bits per heavy atom. The molecule has 0 unspecified atom stereocenters. The fourth-order valence-corrected chi connectivity index (χ4v) is 1.77. The van der Waals surface area contributed by atoms with Gasteiger partial charge in [-0.3, -0.25) is 19.6 Å². The van der Waals surface area contributed by atoms with E-state index in [9.17, 15) is 9.59 Å². The molecule has 2 aromatic rings. The number of ether oxygens (including phenoxy) is 1. The zero-order valence-corrected chi connectivity index (χ0v) is 11.8. The van der Waals surface area contributed by atoms with Crippen LogP contribution in [-0.2, 0) is 22.4 Å². The van der Waals surface area contributed by atoms with Crippen LogP contribution in [0.5, 0.6) is 0 Å². The molecule has 2 heterocycles. The highest BCUT2D eigenvalue weighted by Crippen LogP contribution is 2.04. The number of carbonyl (C=O) groups excluding carboxylic acids is 2. The van der Waals surface area contributed by atoms with Gasteiger partial charge in [-0.2, -0.15) is 0 Å². The molecule has 5 heteroatoms. The standard InChI is InChI=1S/C16H16N2O3/c1-12(19)14-2-3-15(18-11-14)10-16(20)21-9-6-13-4-7-17-8-5-13/h2-5,7-8,11H,6,9-10H2,1H3. The van der Waals surface area contributed by atoms with Crippen molar-refractivity contribution >= 4 is 11.8 Å². The van der Waals surface area contributed by atoms with Gasteiger partial charge in [0.05, 0.1) is 18.7 Å². The van der Waals surface area contributed by atoms with Crippen molar-refractivity contribution in [2.45, 2.75) is 19.8 Å². The summed E-state index contributed by atoms with van der Waals surface area (Å²) in [6.07, 6.45) is 5.65. The van der Waals surface area contributed by atoms with Gasteiger partial charge in [-0.1, -0.05) is 0 Å². The van der Waals surface area contributed by atoms with Crippen molar-refractivity contribution in [2.24, 2.45) is 0 Å². The molecule has 0 N–H and O–H groups in total. The minimum Gasteiger partial charge on any atom is -0.465 e. The molecule has 2 aromatic heterocycles. The summed E-state index contributed by atoms with van der Waals surface area (Å²) in [4.78, 5) is 30.8. The Morgan fingerprint density at radius 3 is 2.52 bits per heavy atom. The SMILES string of the molecule is CC(=O)c1ccc(CC(=O)OCCc2ccncc2)nc1. The van der Waals surface area contributed by atoms with E-state index in [1.807, 2.05) is 12.1 Å². The van der Waals surface area contributed by atoms with Crippen LogP contribution in [0.3, 0.4) is 0 Å². The van der Waals surface area contributed by atoms with Crippen LogP contribution in [0.4, 0.5) is 0 Å². The van der Waals surface area contributed by atoms with Crippen LogP contribution in [0, 0.1) is 0 Å². The highest BCUT2D eigenvalue weighted by atomic mass is 16.5. The quantitative estimate of drug-likeness (QED) is 0.599. The summed E-state index contributed by atoms with van der Waals surface area (Å²) in [6.45, 7) is 1.80. The number of carbonyl (C=O) groups is 2. The van der Waals surface area contributed by atoms with Crippen LogP contribution in [0.15, 0.2) is 42.9 Å². The van der Waals surface area contributed by atoms with E-state index in [-0.39, 0.29) is 18.2 Å². The summed E-state index contributed by atoms with van der Waals surface area (Å²) in [5.74, 6) is -0.374. The molecule has 0 aliphatic rings. The van der Waals surface area contributed by atoms with Crippen LogP contribution < -0.4 is 0 Å². The number of ketones is 1. The lowest BCUT2D eigenvalue weighted by atomic mass is 10.2. The van der Waals surface area contributed by atoms with Gasteiger partial charge in [-0.25, -0.2) is 0 Å². The minimum absolute atomic E-state index is 0.0472. The van der Waals surface area contributed by atoms with Crippen molar-refractivity contribution in [1.29, 1.82) is 0 Å². The number of rotatable bonds is 6. The predicted octanol–water partition coefficient (Wildman–Crippen LogP) is 2.01. The fraction of sp³-hybridized carbons (Fsp3) is 0.250. The molecule has 0 spiro atoms. The first-order chi connectivity index (χ1) is 10.1. The van der Waals surface area contributed by atoms with Gasteiger partial charge in [0, 0.05) is 30.6 Å². The lowest BCUT2D eigenvalue weighted by molar-refractivity contribution is -0.142. The molecule has 0 saturated carbocycles. The highest BCUT2D eigenvalue weighted by Gasteiger charge is 2.07. The average molecular weight is 284 g/mol. The molecule has 0 fully saturated rings. The Balaban J connectivity index is 1.78. The predicted molar refractivity (Wildman–Crippen MR) is 76.8 cm³/mol. The minimum atomic E-state index is -0.327. The number of esters is 1. The summed E-state index contributed by atoms with van der Waals surface area (Å²) in [6, 6.07) is 7.10. The molecule has 21 heavy (non-hydrogen) atoms. The van der Waals surface area contributed by atoms with Gasteiger partial charge in [-0.15, -0.1) is 0 Å². The molecule has 0 atom stereocenters. The van der Waals surface area contributed by atoms with E-state index in [4.69, 9.17) is 4.74 Å². The lowest BCUT2D eigenvalue weighted by Crippen LogP contribution is -2.11. The monoisotopic (exact) mass is 284 g/mol. The molecule has 0 saturated heterocycles. The Labute approximate surface area is 123 Å². The van der Waals surface area contributed by atoms with Gasteiger partial charge in [0.15, 0.2) is 5.78 Å². The van der Waals surface area contributed by atoms with Gasteiger partial charge in [-0.05, 0) is 36.8 Å². The largest absolute Gasteiger partial charge is 0.465 e. The summed E-state index contributed by atoms with van der Waals surface area (Å²) in [5.41, 5.74) is 2.19. The van der Waals surface area contributed by atoms with Crippen LogP contribution in [0.1, 0.15) is 28.5 Å². The second-order valence-electron chi connectivity index (χ2n) is 4.60. The summed E-state index contributed by atoms with van der Waals surface area (Å²) >= 11 is 0. The van der Waals surface area contributed by atoms with E-state index < -0.39 is 0 Å². The Bertz CT molecular complexity index is 609. The van der Waals surface area contributed by atoms with Crippen molar-refractivity contribution in [3.63, 3.8) is 0 Å². The van der Waals surface area contributed by atoms with Gasteiger partial charge >= 0.3 is 5.97 Å². The van der Waals surface area contributed by atoms with Gasteiger partial charge in [0.1, 0.15) is 0 Å². The van der Waals surface area contributed by atoms with Crippen molar-refractivity contribution in [1.82, 2.24) is 9.97 Å². The molecule has 5 nitrogen and oxygen atoms in total. The van der Waals surface area contributed by atoms with Gasteiger partial charge < -0.3 is 4.74 Å². The summed E-state index contributed by atoms with van der Waals surface area (Å²) < 4.78 is 5.16. The van der Waals surface area contributed by atoms with E-state index in [0.717, 1.165) is 5.56 Å². The molecule has 0 aliphatic carbocycles. The van der Waals surface area contributed by atoms with Gasteiger partial charge in [0.2, 0.25) is 0 Å². The fourth-order valence-electron chi connectivity index (χ4n) is 1.77. The number of hydrogen-bond donors (Lipinski definition) is 0. The summed E-state index contributed by atoms with van der Waals surface area (Å²) in [7, 11) is 0. The number of pyridine rings is 2. The molecular weight excluding hydrogens is 268 g/mol. The first kappa shape index (κ1) is 14.8. The number of nitrogens with zero attached hydrogens (tertiary/aromatic N) is 2. The lowest BCUT2D eigenvalue weighted by Gasteiger charge is -2.05. The maximum Gasteiger partial charge on any atom is 0.311 e. The second kappa shape index (κ2) is 7.28. The average Bonchev–Trinajstić information content (AvgIpc) is 2.49. The van der Waals surface area contributed by atoms with E-state index in [2.05, 4.69) is 9.97 Å². The van der Waals surface area contributed by atoms with Crippen molar-refractivity contribution < 1.29 is 14.3 Å². The Hall–Kier alpha value is -2.56. The number of Topliss-reactive ketones (excluding diaryl/α,β-unsaturated/α-hetero) is 1. The van der Waals surface area contributed by atoms with Crippen molar-refractivity contribution in [2.75, 3.05) is 6.61 Å². The molecule has 0 aliphatic heterocycles. The molecule has 108 valence electrons. The van der Waals surface area contributed by atoms with E-state index in [1.54, 1.807) is 24.5 Å². The molecule has 0 radical (unpaired) electrons. The normalized spacial score (nSPS) is 10.1. The maximum atomic E-state index is 11.7. The molecule has 0 aromatic carbocycles. The van der Waals surface area contributed by atoms with E-state index in [0.29, 0.717) is 24.3 Å². The first-order valence-electron chi connectivity index (χ1n) is 6.65. The third-order valence-electron chi connectivity index (χ3n) is 2.96. The zero-order chi connectivity index (χ0) is 15.1. The number of aromatic nitrogens is 2. The Kier molecular flexibility index (Phi) is 5.15. The third kappa shape index (κ3) is 4.80. The smallest absolute Gasteiger partial charge is 0.311 e. The van der Waals surface area contributed by atoms with Crippen LogP contribution >= 0.6 is 0 Å². The second-order valence-corrected chi connectivity index (χ2v) is 4.60. The Morgan fingerprint density at radius 2 is 1.90 bits per heavy atom. The zero-order valence-electron chi connectivity index (χ0n) is 11.8. The van der Waals surface area contributed by atoms with Crippen LogP contribution in [0.2, 0.25) is 0 Å². The van der Waals surface area contributed by atoms with E-state index >= 15 is 0 Å². The maximum absolute atomic E-state index is 11.7. The third-order valence-corrected chi connectivity index (χ3v) is 2.96. The van der Waals surface area contributed by atoms with Gasteiger partial charge in [0.25, 0.3) is 0 Å². The van der Waals surface area contributed by atoms with Crippen molar-refractivity contribution in [3.05, 3.63) is 59.7 Å². The van der Waals surface area contributed by atoms with Crippen molar-refractivity contribution in [3.8, 4) is 0 Å². The van der Waals surface area contributed by atoms with Crippen LogP contribution in [0.25, 0.3) is 0 Å².